The largest absolute Gasteiger partial charge is 0.481 e. The van der Waals surface area contributed by atoms with E-state index in [9.17, 15) is 9.59 Å². The van der Waals surface area contributed by atoms with E-state index in [1.807, 2.05) is 25.3 Å². The van der Waals surface area contributed by atoms with E-state index in [1.54, 1.807) is 11.3 Å². The van der Waals surface area contributed by atoms with Crippen molar-refractivity contribution in [2.24, 2.45) is 5.41 Å². The number of hydrogen-bond donors (Lipinski definition) is 3. The van der Waals surface area contributed by atoms with Crippen molar-refractivity contribution >= 4 is 39.3 Å². The Morgan fingerprint density at radius 1 is 1.33 bits per heavy atom. The molecule has 0 radical (unpaired) electrons. The minimum atomic E-state index is -0.782. The van der Waals surface area contributed by atoms with Crippen LogP contribution in [0.3, 0.4) is 0 Å². The normalized spacial score (nSPS) is 11.2. The summed E-state index contributed by atoms with van der Waals surface area (Å²) in [6.45, 7) is 5.06. The number of amides is 2. The summed E-state index contributed by atoms with van der Waals surface area (Å²) in [7, 11) is 0. The third-order valence-corrected chi connectivity index (χ3v) is 4.85. The zero-order chi connectivity index (χ0) is 15.9. The molecule has 0 saturated heterocycles. The van der Waals surface area contributed by atoms with Gasteiger partial charge < -0.3 is 15.7 Å². The fraction of sp³-hybridized carbons (Fsp3) is 0.571. The van der Waals surface area contributed by atoms with Crippen LogP contribution in [-0.2, 0) is 11.3 Å². The Hall–Kier alpha value is -1.08. The van der Waals surface area contributed by atoms with Gasteiger partial charge in [0.1, 0.15) is 0 Å². The molecule has 0 aliphatic heterocycles. The SMILES string of the molecule is CC(C)(CCNC(=O)NCc1cc(Br)cs1)CCC(=O)O. The maximum atomic E-state index is 11.7. The average Bonchev–Trinajstić information content (AvgIpc) is 2.80. The van der Waals surface area contributed by atoms with Crippen LogP contribution in [-0.4, -0.2) is 23.7 Å². The zero-order valence-corrected chi connectivity index (χ0v) is 14.6. The van der Waals surface area contributed by atoms with Crippen molar-refractivity contribution in [1.82, 2.24) is 10.6 Å². The number of nitrogens with one attached hydrogen (secondary N) is 2. The molecule has 0 spiro atoms. The fourth-order valence-electron chi connectivity index (χ4n) is 1.76. The summed E-state index contributed by atoms with van der Waals surface area (Å²) in [5.41, 5.74) is -0.0930. The lowest BCUT2D eigenvalue weighted by Crippen LogP contribution is -2.36. The van der Waals surface area contributed by atoms with Gasteiger partial charge in [-0.05, 0) is 40.3 Å². The first kappa shape index (κ1) is 18.0. The van der Waals surface area contributed by atoms with Crippen molar-refractivity contribution in [2.45, 2.75) is 39.7 Å². The minimum absolute atomic E-state index is 0.0930. The number of thiophene rings is 1. The zero-order valence-electron chi connectivity index (χ0n) is 12.2. The van der Waals surface area contributed by atoms with Gasteiger partial charge in [-0.25, -0.2) is 4.79 Å². The van der Waals surface area contributed by atoms with Crippen molar-refractivity contribution in [3.63, 3.8) is 0 Å². The second-order valence-corrected chi connectivity index (χ2v) is 7.56. The first-order chi connectivity index (χ1) is 9.78. The van der Waals surface area contributed by atoms with Crippen molar-refractivity contribution in [1.29, 1.82) is 0 Å². The van der Waals surface area contributed by atoms with Crippen LogP contribution in [0.25, 0.3) is 0 Å². The predicted molar refractivity (Wildman–Crippen MR) is 87.5 cm³/mol. The summed E-state index contributed by atoms with van der Waals surface area (Å²) in [5, 5.41) is 16.3. The number of carbonyl (C=O) groups excluding carboxylic acids is 1. The molecule has 0 saturated carbocycles. The maximum Gasteiger partial charge on any atom is 0.315 e. The average molecular weight is 377 g/mol. The van der Waals surface area contributed by atoms with E-state index in [1.165, 1.54) is 0 Å². The minimum Gasteiger partial charge on any atom is -0.481 e. The predicted octanol–water partition coefficient (Wildman–Crippen LogP) is 3.59. The number of aliphatic carboxylic acids is 1. The van der Waals surface area contributed by atoms with Crippen LogP contribution in [0, 0.1) is 5.41 Å². The Bertz CT molecular complexity index is 488. The highest BCUT2D eigenvalue weighted by molar-refractivity contribution is 9.10. The topological polar surface area (TPSA) is 78.4 Å². The second-order valence-electron chi connectivity index (χ2n) is 5.65. The molecule has 21 heavy (non-hydrogen) atoms. The number of carboxylic acid groups (broad SMARTS) is 1. The van der Waals surface area contributed by atoms with E-state index >= 15 is 0 Å². The molecule has 0 bridgehead atoms. The monoisotopic (exact) mass is 376 g/mol. The van der Waals surface area contributed by atoms with Gasteiger partial charge in [0.15, 0.2) is 0 Å². The molecule has 1 aromatic heterocycles. The summed E-state index contributed by atoms with van der Waals surface area (Å²) in [6, 6.07) is 1.77. The highest BCUT2D eigenvalue weighted by Crippen LogP contribution is 2.26. The molecule has 1 heterocycles. The molecule has 7 heteroatoms. The van der Waals surface area contributed by atoms with Gasteiger partial charge in [0.05, 0.1) is 6.54 Å². The number of rotatable bonds is 8. The Balaban J connectivity index is 2.19. The second kappa shape index (κ2) is 8.38. The van der Waals surface area contributed by atoms with Gasteiger partial charge >= 0.3 is 12.0 Å². The molecule has 2 amide bonds. The Morgan fingerprint density at radius 2 is 2.05 bits per heavy atom. The first-order valence-electron chi connectivity index (χ1n) is 6.75. The Labute approximate surface area is 137 Å². The van der Waals surface area contributed by atoms with E-state index in [4.69, 9.17) is 5.11 Å². The van der Waals surface area contributed by atoms with E-state index in [-0.39, 0.29) is 17.9 Å². The molecule has 0 aromatic carbocycles. The summed E-state index contributed by atoms with van der Waals surface area (Å²) < 4.78 is 1.02. The number of urea groups is 1. The van der Waals surface area contributed by atoms with Crippen LogP contribution in [0.15, 0.2) is 15.9 Å². The smallest absolute Gasteiger partial charge is 0.315 e. The molecular weight excluding hydrogens is 356 g/mol. The van der Waals surface area contributed by atoms with Crippen molar-refractivity contribution in [2.75, 3.05) is 6.54 Å². The summed E-state index contributed by atoms with van der Waals surface area (Å²) >= 11 is 4.95. The van der Waals surface area contributed by atoms with Crippen LogP contribution >= 0.6 is 27.3 Å². The van der Waals surface area contributed by atoms with Crippen molar-refractivity contribution in [3.8, 4) is 0 Å². The van der Waals surface area contributed by atoms with Crippen molar-refractivity contribution in [3.05, 3.63) is 20.8 Å². The highest BCUT2D eigenvalue weighted by Gasteiger charge is 2.19. The summed E-state index contributed by atoms with van der Waals surface area (Å²) in [6.07, 6.45) is 1.51. The number of carboxylic acids is 1. The lowest BCUT2D eigenvalue weighted by atomic mass is 9.84. The summed E-state index contributed by atoms with van der Waals surface area (Å²) in [4.78, 5) is 23.3. The maximum absolute atomic E-state index is 11.7. The molecular formula is C14H21BrN2O3S. The van der Waals surface area contributed by atoms with Crippen LogP contribution in [0.1, 0.15) is 38.0 Å². The number of carbonyl (C=O) groups is 2. The molecule has 118 valence electrons. The van der Waals surface area contributed by atoms with Gasteiger partial charge in [-0.2, -0.15) is 0 Å². The van der Waals surface area contributed by atoms with E-state index in [2.05, 4.69) is 26.6 Å². The molecule has 1 aromatic rings. The van der Waals surface area contributed by atoms with Crippen LogP contribution in [0.2, 0.25) is 0 Å². The van der Waals surface area contributed by atoms with Crippen LogP contribution in [0.4, 0.5) is 4.79 Å². The molecule has 0 unspecified atom stereocenters. The summed E-state index contributed by atoms with van der Waals surface area (Å²) in [5.74, 6) is -0.782. The first-order valence-corrected chi connectivity index (χ1v) is 8.42. The molecule has 1 rings (SSSR count). The van der Waals surface area contributed by atoms with Gasteiger partial charge in [-0.3, -0.25) is 4.79 Å². The molecule has 0 atom stereocenters. The van der Waals surface area contributed by atoms with Gasteiger partial charge in [-0.1, -0.05) is 13.8 Å². The molecule has 5 nitrogen and oxygen atoms in total. The van der Waals surface area contributed by atoms with Crippen LogP contribution in [0.5, 0.6) is 0 Å². The molecule has 0 fully saturated rings. The van der Waals surface area contributed by atoms with Gasteiger partial charge in [0, 0.05) is 27.7 Å². The highest BCUT2D eigenvalue weighted by atomic mass is 79.9. The lowest BCUT2D eigenvalue weighted by molar-refractivity contribution is -0.137. The number of hydrogen-bond acceptors (Lipinski definition) is 3. The molecule has 0 aliphatic rings. The van der Waals surface area contributed by atoms with Gasteiger partial charge in [-0.15, -0.1) is 11.3 Å². The van der Waals surface area contributed by atoms with Crippen LogP contribution < -0.4 is 10.6 Å². The Morgan fingerprint density at radius 3 is 2.62 bits per heavy atom. The Kier molecular flexibility index (Phi) is 7.17. The standard InChI is InChI=1S/C14H21BrN2O3S/c1-14(2,4-3-12(18)19)5-6-16-13(20)17-8-11-7-10(15)9-21-11/h7,9H,3-6,8H2,1-2H3,(H,18,19)(H2,16,17,20). The van der Waals surface area contributed by atoms with Crippen molar-refractivity contribution < 1.29 is 14.7 Å². The third-order valence-electron chi connectivity index (χ3n) is 3.15. The van der Waals surface area contributed by atoms with E-state index in [0.29, 0.717) is 19.5 Å². The van der Waals surface area contributed by atoms with Gasteiger partial charge in [0.2, 0.25) is 0 Å². The fourth-order valence-corrected chi connectivity index (χ4v) is 3.15. The quantitative estimate of drug-likeness (QED) is 0.648. The molecule has 0 aliphatic carbocycles. The lowest BCUT2D eigenvalue weighted by Gasteiger charge is -2.23. The number of halogens is 1. The van der Waals surface area contributed by atoms with Gasteiger partial charge in [0.25, 0.3) is 0 Å². The third kappa shape index (κ3) is 8.06. The van der Waals surface area contributed by atoms with E-state index < -0.39 is 5.97 Å². The molecule has 3 N–H and O–H groups in total. The van der Waals surface area contributed by atoms with E-state index in [0.717, 1.165) is 15.8 Å².